The zero-order chi connectivity index (χ0) is 34.7. The summed E-state index contributed by atoms with van der Waals surface area (Å²) >= 11 is 0. The third kappa shape index (κ3) is 8.62. The first-order valence-corrected chi connectivity index (χ1v) is 16.1. The van der Waals surface area contributed by atoms with Crippen LogP contribution in [-0.2, 0) is 44.0 Å². The zero-order valence-corrected chi connectivity index (χ0v) is 26.0. The molecule has 15 heteroatoms. The smallest absolute Gasteiger partial charge is 0.416 e. The molecule has 1 aliphatic heterocycles. The number of benzene rings is 3. The topological polar surface area (TPSA) is 89.3 Å². The number of ether oxygens (including phenoxy) is 2. The van der Waals surface area contributed by atoms with E-state index in [-0.39, 0.29) is 25.5 Å². The van der Waals surface area contributed by atoms with Crippen LogP contribution in [0.1, 0.15) is 53.7 Å². The van der Waals surface area contributed by atoms with Crippen LogP contribution in [0.5, 0.6) is 0 Å². The van der Waals surface area contributed by atoms with Crippen molar-refractivity contribution in [2.24, 2.45) is 0 Å². The lowest BCUT2D eigenvalue weighted by atomic mass is 9.78. The fourth-order valence-corrected chi connectivity index (χ4v) is 6.38. The van der Waals surface area contributed by atoms with Gasteiger partial charge in [0, 0.05) is 6.42 Å². The Bertz CT molecular complexity index is 1680. The van der Waals surface area contributed by atoms with Gasteiger partial charge >= 0.3 is 24.1 Å². The summed E-state index contributed by atoms with van der Waals surface area (Å²) < 4.78 is 120. The van der Waals surface area contributed by atoms with Crippen LogP contribution in [0.2, 0.25) is 0 Å². The number of carbonyl (C=O) groups is 1. The van der Waals surface area contributed by atoms with E-state index in [0.717, 1.165) is 11.2 Å². The van der Waals surface area contributed by atoms with E-state index in [4.69, 9.17) is 16.0 Å². The number of piperidine rings is 1. The van der Waals surface area contributed by atoms with E-state index in [1.54, 1.807) is 60.7 Å². The first kappa shape index (κ1) is 35.7. The van der Waals surface area contributed by atoms with Crippen molar-refractivity contribution in [2.45, 2.75) is 56.0 Å². The highest BCUT2D eigenvalue weighted by Crippen LogP contribution is 2.44. The number of halogens is 6. The van der Waals surface area contributed by atoms with Crippen LogP contribution < -0.4 is 4.72 Å². The molecule has 0 saturated carbocycles. The van der Waals surface area contributed by atoms with Crippen molar-refractivity contribution < 1.29 is 49.0 Å². The van der Waals surface area contributed by atoms with Gasteiger partial charge in [-0.1, -0.05) is 60.7 Å². The number of hydrogen-bond donors (Lipinski definition) is 1. The lowest BCUT2D eigenvalue weighted by Crippen LogP contribution is -2.65. The molecule has 0 spiro atoms. The summed E-state index contributed by atoms with van der Waals surface area (Å²) in [5.74, 6) is 0. The molecule has 0 aromatic heterocycles. The van der Waals surface area contributed by atoms with Crippen LogP contribution in [0.15, 0.2) is 78.9 Å². The molecule has 3 atom stereocenters. The first-order valence-electron chi connectivity index (χ1n) is 14.2. The van der Waals surface area contributed by atoms with Crippen LogP contribution >= 0.6 is 0 Å². The van der Waals surface area contributed by atoms with Crippen molar-refractivity contribution in [3.05, 3.63) is 118 Å². The molecule has 0 bridgehead atoms. The summed E-state index contributed by atoms with van der Waals surface area (Å²) in [4.78, 5) is 18.6. The summed E-state index contributed by atoms with van der Waals surface area (Å²) in [7, 11) is -3.95. The number of rotatable bonds is 9. The highest BCUT2D eigenvalue weighted by Gasteiger charge is 2.56. The molecule has 3 aromatic rings. The van der Waals surface area contributed by atoms with Crippen molar-refractivity contribution in [3.8, 4) is 0 Å². The van der Waals surface area contributed by atoms with Gasteiger partial charge in [-0.05, 0) is 48.2 Å². The molecule has 0 aliphatic carbocycles. The molecule has 8 nitrogen and oxygen atoms in total. The lowest BCUT2D eigenvalue weighted by Gasteiger charge is -2.49. The maximum absolute atomic E-state index is 13.9. The molecule has 0 radical (unpaired) electrons. The largest absolute Gasteiger partial charge is 0.445 e. The molecule has 1 heterocycles. The Hall–Kier alpha value is -4.13. The van der Waals surface area contributed by atoms with E-state index in [1.165, 1.54) is 6.92 Å². The van der Waals surface area contributed by atoms with Gasteiger partial charge in [0.05, 0.1) is 35.6 Å². The van der Waals surface area contributed by atoms with Gasteiger partial charge in [0.25, 0.3) is 0 Å². The van der Waals surface area contributed by atoms with Gasteiger partial charge in [0.1, 0.15) is 13.2 Å². The van der Waals surface area contributed by atoms with Crippen molar-refractivity contribution in [3.63, 3.8) is 0 Å². The predicted octanol–water partition coefficient (Wildman–Crippen LogP) is 7.29. The average Bonchev–Trinajstić information content (AvgIpc) is 3.02. The monoisotopic (exact) mass is 683 g/mol. The number of hydrogen-bond acceptors (Lipinski definition) is 5. The fraction of sp³-hybridized carbons (Fsp3) is 0.375. The number of amides is 1. The van der Waals surface area contributed by atoms with Crippen LogP contribution in [0.25, 0.3) is 4.85 Å². The van der Waals surface area contributed by atoms with Crippen molar-refractivity contribution >= 4 is 16.1 Å². The quantitative estimate of drug-likeness (QED) is 0.189. The highest BCUT2D eigenvalue weighted by molar-refractivity contribution is 7.88. The maximum Gasteiger partial charge on any atom is 0.416 e. The lowest BCUT2D eigenvalue weighted by molar-refractivity contribution is -0.143. The zero-order valence-electron chi connectivity index (χ0n) is 25.2. The Morgan fingerprint density at radius 1 is 0.957 bits per heavy atom. The van der Waals surface area contributed by atoms with Crippen LogP contribution in [-0.4, -0.2) is 44.5 Å². The molecule has 1 N–H and O–H groups in total. The van der Waals surface area contributed by atoms with Gasteiger partial charge in [-0.3, -0.25) is 9.74 Å². The van der Waals surface area contributed by atoms with Crippen molar-refractivity contribution in [1.29, 1.82) is 0 Å². The maximum atomic E-state index is 13.9. The highest BCUT2D eigenvalue weighted by atomic mass is 32.2. The van der Waals surface area contributed by atoms with E-state index in [1.807, 2.05) is 0 Å². The minimum atomic E-state index is -5.07. The van der Waals surface area contributed by atoms with Gasteiger partial charge in [-0.25, -0.2) is 19.8 Å². The summed E-state index contributed by atoms with van der Waals surface area (Å²) in [5, 5.41) is 0. The first-order chi connectivity index (χ1) is 21.9. The van der Waals surface area contributed by atoms with Crippen molar-refractivity contribution in [1.82, 2.24) is 9.62 Å². The molecule has 1 unspecified atom stereocenters. The van der Waals surface area contributed by atoms with Crippen LogP contribution in [0.4, 0.5) is 31.1 Å². The summed E-state index contributed by atoms with van der Waals surface area (Å²) in [5.41, 5.74) is -5.61. The van der Waals surface area contributed by atoms with Crippen LogP contribution in [0.3, 0.4) is 0 Å². The normalized spacial score (nSPS) is 21.1. The standard InChI is InChI=1S/C32H31F6N3O5S/c1-22(24-16-26(31(33,34)35)18-27(17-24)32(36,37)38)46-21-29(25-12-8-5-9-13-25)14-15-30(39-2,40-47(3,43)44)20-41(29)28(42)45-19-23-10-6-4-7-11-23/h4-13,16-18,22,40H,14-15,19-21H2,1,3H3/t22-,29-,30?/m1/s1. The Kier molecular flexibility index (Phi) is 10.3. The van der Waals surface area contributed by atoms with Gasteiger partial charge in [-0.2, -0.15) is 26.3 Å². The van der Waals surface area contributed by atoms with E-state index < -0.39 is 75.6 Å². The number of nitrogens with zero attached hydrogens (tertiary/aromatic N) is 2. The van der Waals surface area contributed by atoms with Gasteiger partial charge in [0.15, 0.2) is 0 Å². The van der Waals surface area contributed by atoms with Crippen LogP contribution in [0, 0.1) is 6.57 Å². The third-order valence-corrected chi connectivity index (χ3v) is 8.62. The molecule has 47 heavy (non-hydrogen) atoms. The minimum absolute atomic E-state index is 0.0199. The second kappa shape index (κ2) is 13.5. The number of sulfonamides is 1. The SMILES string of the molecule is [C-]#[N+]C1(NS(C)(=O)=O)CC[C@@](CO[C@H](C)c2cc(C(F)(F)F)cc(C(F)(F)F)c2)(c2ccccc2)N(C(=O)OCc2ccccc2)C1. The molecule has 1 fully saturated rings. The average molecular weight is 684 g/mol. The Balaban J connectivity index is 1.76. The van der Waals surface area contributed by atoms with Gasteiger partial charge in [-0.15, -0.1) is 4.72 Å². The Morgan fingerprint density at radius 3 is 2.02 bits per heavy atom. The van der Waals surface area contributed by atoms with E-state index >= 15 is 0 Å². The molecule has 3 aromatic carbocycles. The summed E-state index contributed by atoms with van der Waals surface area (Å²) in [6.07, 6.45) is -11.8. The van der Waals surface area contributed by atoms with Gasteiger partial charge < -0.3 is 9.47 Å². The molecule has 1 amide bonds. The van der Waals surface area contributed by atoms with E-state index in [0.29, 0.717) is 23.3 Å². The number of alkyl halides is 6. The molecule has 252 valence electrons. The molecular weight excluding hydrogens is 652 g/mol. The summed E-state index contributed by atoms with van der Waals surface area (Å²) in [6, 6.07) is 18.1. The minimum Gasteiger partial charge on any atom is -0.445 e. The van der Waals surface area contributed by atoms with Crippen molar-refractivity contribution in [2.75, 3.05) is 19.4 Å². The van der Waals surface area contributed by atoms with E-state index in [2.05, 4.69) is 9.57 Å². The molecule has 1 saturated heterocycles. The summed E-state index contributed by atoms with van der Waals surface area (Å²) in [6.45, 7) is 7.99. The number of nitrogens with one attached hydrogen (secondary N) is 1. The predicted molar refractivity (Wildman–Crippen MR) is 159 cm³/mol. The Labute approximate surface area is 268 Å². The molecule has 1 aliphatic rings. The Morgan fingerprint density at radius 2 is 1.51 bits per heavy atom. The molecular formula is C32H31F6N3O5S. The second-order valence-electron chi connectivity index (χ2n) is 11.3. The number of carbonyl (C=O) groups excluding carboxylic acids is 1. The fourth-order valence-electron chi connectivity index (χ4n) is 5.47. The number of likely N-dealkylation sites (tertiary alicyclic amines) is 1. The van der Waals surface area contributed by atoms with E-state index in [9.17, 15) is 39.6 Å². The second-order valence-corrected chi connectivity index (χ2v) is 13.1. The third-order valence-electron chi connectivity index (χ3n) is 7.87. The van der Waals surface area contributed by atoms with Gasteiger partial charge in [0.2, 0.25) is 10.0 Å². The molecule has 4 rings (SSSR count).